The van der Waals surface area contributed by atoms with Gasteiger partial charge in [-0.2, -0.15) is 0 Å². The van der Waals surface area contributed by atoms with Crippen molar-refractivity contribution >= 4 is 43.2 Å². The van der Waals surface area contributed by atoms with Crippen LogP contribution in [-0.2, 0) is 0 Å². The molecular formula is C15H17Br2NS. The first kappa shape index (κ1) is 15.2. The summed E-state index contributed by atoms with van der Waals surface area (Å²) in [4.78, 5) is 0. The second-order valence-corrected chi connectivity index (χ2v) is 8.33. The van der Waals surface area contributed by atoms with Gasteiger partial charge in [-0.05, 0) is 68.9 Å². The Morgan fingerprint density at radius 3 is 2.42 bits per heavy atom. The van der Waals surface area contributed by atoms with Gasteiger partial charge in [-0.25, -0.2) is 0 Å². The fourth-order valence-corrected chi connectivity index (χ4v) is 4.91. The summed E-state index contributed by atoms with van der Waals surface area (Å²) in [6.07, 6.45) is 1.13. The number of rotatable bonds is 5. The van der Waals surface area contributed by atoms with Gasteiger partial charge in [-0.3, -0.25) is 0 Å². The van der Waals surface area contributed by atoms with E-state index in [1.54, 1.807) is 11.3 Å². The number of hydrogen-bond donors (Lipinski definition) is 1. The molecule has 1 nitrogen and oxygen atoms in total. The van der Waals surface area contributed by atoms with E-state index in [-0.39, 0.29) is 6.04 Å². The molecule has 1 aromatic carbocycles. The Morgan fingerprint density at radius 1 is 1.21 bits per heavy atom. The molecule has 1 atom stereocenters. The summed E-state index contributed by atoms with van der Waals surface area (Å²) < 4.78 is 2.35. The number of hydrogen-bond acceptors (Lipinski definition) is 2. The van der Waals surface area contributed by atoms with Gasteiger partial charge in [0, 0.05) is 0 Å². The molecule has 0 aliphatic heterocycles. The van der Waals surface area contributed by atoms with E-state index < -0.39 is 0 Å². The Balaban J connectivity index is 2.35. The van der Waals surface area contributed by atoms with Gasteiger partial charge in [0.1, 0.15) is 0 Å². The van der Waals surface area contributed by atoms with Gasteiger partial charge < -0.3 is 5.32 Å². The number of halogens is 2. The fourth-order valence-electron chi connectivity index (χ4n) is 2.00. The molecule has 1 heterocycles. The summed E-state index contributed by atoms with van der Waals surface area (Å²) in [5.74, 6) is 0. The van der Waals surface area contributed by atoms with Crippen LogP contribution in [0.5, 0.6) is 0 Å². The van der Waals surface area contributed by atoms with Crippen molar-refractivity contribution in [2.45, 2.75) is 26.3 Å². The van der Waals surface area contributed by atoms with E-state index in [1.165, 1.54) is 20.5 Å². The Hall–Kier alpha value is -0.160. The average molecular weight is 403 g/mol. The molecule has 4 heteroatoms. The molecule has 102 valence electrons. The smallest absolute Gasteiger partial charge is 0.0761 e. The predicted molar refractivity (Wildman–Crippen MR) is 91.0 cm³/mol. The molecule has 0 saturated carbocycles. The van der Waals surface area contributed by atoms with Crippen molar-refractivity contribution in [1.82, 2.24) is 5.32 Å². The second-order valence-electron chi connectivity index (χ2n) is 4.58. The highest BCUT2D eigenvalue weighted by atomic mass is 79.9. The van der Waals surface area contributed by atoms with Crippen molar-refractivity contribution in [1.29, 1.82) is 0 Å². The van der Waals surface area contributed by atoms with Gasteiger partial charge in [0.15, 0.2) is 0 Å². The zero-order valence-corrected chi connectivity index (χ0v) is 15.0. The van der Waals surface area contributed by atoms with Gasteiger partial charge in [-0.15, -0.1) is 11.3 Å². The zero-order chi connectivity index (χ0) is 13.8. The Bertz CT molecular complexity index is 534. The molecule has 1 unspecified atom stereocenters. The van der Waals surface area contributed by atoms with Crippen LogP contribution in [0, 0.1) is 6.92 Å². The fraction of sp³-hybridized carbons (Fsp3) is 0.333. The van der Waals surface area contributed by atoms with Crippen molar-refractivity contribution in [3.8, 4) is 0 Å². The lowest BCUT2D eigenvalue weighted by Crippen LogP contribution is -2.23. The molecule has 1 N–H and O–H groups in total. The van der Waals surface area contributed by atoms with Gasteiger partial charge in [0.05, 0.1) is 13.6 Å². The quantitative estimate of drug-likeness (QED) is 0.679. The molecule has 2 aromatic rings. The summed E-state index contributed by atoms with van der Waals surface area (Å²) >= 11 is 8.96. The monoisotopic (exact) mass is 401 g/mol. The van der Waals surface area contributed by atoms with E-state index in [1.807, 2.05) is 0 Å². The minimum atomic E-state index is 0.248. The Labute approximate surface area is 135 Å². The second kappa shape index (κ2) is 7.02. The van der Waals surface area contributed by atoms with Crippen LogP contribution in [0.1, 0.15) is 36.1 Å². The maximum Gasteiger partial charge on any atom is 0.0761 e. The third-order valence-corrected chi connectivity index (χ3v) is 5.39. The number of thiophene rings is 1. The molecule has 0 fully saturated rings. The third-order valence-electron chi connectivity index (χ3n) is 3.00. The van der Waals surface area contributed by atoms with Crippen LogP contribution in [-0.4, -0.2) is 6.54 Å². The number of benzene rings is 1. The van der Waals surface area contributed by atoms with Crippen molar-refractivity contribution in [3.05, 3.63) is 54.6 Å². The summed E-state index contributed by atoms with van der Waals surface area (Å²) in [5, 5.41) is 3.63. The molecule has 19 heavy (non-hydrogen) atoms. The van der Waals surface area contributed by atoms with Crippen LogP contribution in [0.3, 0.4) is 0 Å². The topological polar surface area (TPSA) is 12.0 Å². The summed E-state index contributed by atoms with van der Waals surface area (Å²) in [6, 6.07) is 11.2. The normalized spacial score (nSPS) is 12.6. The van der Waals surface area contributed by atoms with Crippen LogP contribution in [0.15, 0.2) is 37.9 Å². The summed E-state index contributed by atoms with van der Waals surface area (Å²) in [7, 11) is 0. The van der Waals surface area contributed by atoms with Gasteiger partial charge in [-0.1, -0.05) is 36.8 Å². The van der Waals surface area contributed by atoms with Gasteiger partial charge >= 0.3 is 0 Å². The molecular weight excluding hydrogens is 386 g/mol. The van der Waals surface area contributed by atoms with Crippen molar-refractivity contribution in [2.24, 2.45) is 0 Å². The molecule has 0 bridgehead atoms. The molecule has 2 rings (SSSR count). The number of nitrogens with one attached hydrogen (secondary N) is 1. The van der Waals surface area contributed by atoms with Crippen LogP contribution < -0.4 is 5.32 Å². The first-order valence-electron chi connectivity index (χ1n) is 6.36. The molecule has 0 saturated heterocycles. The van der Waals surface area contributed by atoms with Crippen LogP contribution >= 0.6 is 43.2 Å². The van der Waals surface area contributed by atoms with E-state index in [9.17, 15) is 0 Å². The van der Waals surface area contributed by atoms with Gasteiger partial charge in [0.25, 0.3) is 0 Å². The highest BCUT2D eigenvalue weighted by molar-refractivity contribution is 9.12. The van der Waals surface area contributed by atoms with Crippen LogP contribution in [0.4, 0.5) is 0 Å². The molecule has 0 spiro atoms. The lowest BCUT2D eigenvalue weighted by Gasteiger charge is -2.19. The van der Waals surface area contributed by atoms with Crippen molar-refractivity contribution in [2.75, 3.05) is 6.54 Å². The van der Waals surface area contributed by atoms with E-state index in [2.05, 4.69) is 81.4 Å². The minimum Gasteiger partial charge on any atom is -0.306 e. The third kappa shape index (κ3) is 3.91. The Morgan fingerprint density at radius 2 is 1.89 bits per heavy atom. The number of aryl methyl sites for hydroxylation is 1. The molecule has 0 radical (unpaired) electrons. The van der Waals surface area contributed by atoms with E-state index in [0.29, 0.717) is 0 Å². The highest BCUT2D eigenvalue weighted by Gasteiger charge is 2.18. The predicted octanol–water partition coefficient (Wildman–Crippen LogP) is 5.67. The van der Waals surface area contributed by atoms with E-state index in [0.717, 1.165) is 16.8 Å². The van der Waals surface area contributed by atoms with Crippen LogP contribution in [0.25, 0.3) is 0 Å². The molecule has 1 aromatic heterocycles. The highest BCUT2D eigenvalue weighted by Crippen LogP contribution is 2.37. The van der Waals surface area contributed by atoms with Crippen LogP contribution in [0.2, 0.25) is 0 Å². The maximum atomic E-state index is 3.67. The average Bonchev–Trinajstić information content (AvgIpc) is 2.71. The first-order valence-corrected chi connectivity index (χ1v) is 8.76. The lowest BCUT2D eigenvalue weighted by molar-refractivity contribution is 0.598. The Kier molecular flexibility index (Phi) is 5.63. The first-order chi connectivity index (χ1) is 9.11. The van der Waals surface area contributed by atoms with Gasteiger partial charge in [0.2, 0.25) is 0 Å². The summed E-state index contributed by atoms with van der Waals surface area (Å²) in [6.45, 7) is 5.32. The van der Waals surface area contributed by atoms with E-state index >= 15 is 0 Å². The minimum absolute atomic E-state index is 0.248. The summed E-state index contributed by atoms with van der Waals surface area (Å²) in [5.41, 5.74) is 3.91. The molecule has 0 aliphatic carbocycles. The van der Waals surface area contributed by atoms with Crippen molar-refractivity contribution < 1.29 is 0 Å². The van der Waals surface area contributed by atoms with E-state index in [4.69, 9.17) is 0 Å². The molecule has 0 aliphatic rings. The largest absolute Gasteiger partial charge is 0.306 e. The van der Waals surface area contributed by atoms with Crippen molar-refractivity contribution in [3.63, 3.8) is 0 Å². The standard InChI is InChI=1S/C15H17Br2NS/c1-3-8-18-14(11-6-4-10(2)5-7-11)12-9-13(16)19-15(12)17/h4-7,9,14,18H,3,8H2,1-2H3. The zero-order valence-electron chi connectivity index (χ0n) is 11.0. The molecule has 0 amide bonds. The lowest BCUT2D eigenvalue weighted by atomic mass is 10.00. The SMILES string of the molecule is CCCNC(c1ccc(C)cc1)c1cc(Br)sc1Br. The maximum absolute atomic E-state index is 3.67.